The third-order valence-electron chi connectivity index (χ3n) is 2.49. The van der Waals surface area contributed by atoms with Crippen molar-refractivity contribution in [2.24, 2.45) is 0 Å². The van der Waals surface area contributed by atoms with Gasteiger partial charge in [-0.15, -0.1) is 0 Å². The summed E-state index contributed by atoms with van der Waals surface area (Å²) in [7, 11) is 1.63. The zero-order valence-electron chi connectivity index (χ0n) is 11.4. The van der Waals surface area contributed by atoms with Crippen LogP contribution in [0, 0.1) is 0 Å². The van der Waals surface area contributed by atoms with Crippen molar-refractivity contribution >= 4 is 6.16 Å². The first-order valence-corrected chi connectivity index (χ1v) is 6.21. The van der Waals surface area contributed by atoms with Gasteiger partial charge >= 0.3 is 6.16 Å². The third kappa shape index (κ3) is 9.21. The lowest BCUT2D eigenvalue weighted by atomic mass is 10.2. The van der Waals surface area contributed by atoms with E-state index in [0.29, 0.717) is 26.2 Å². The van der Waals surface area contributed by atoms with Crippen LogP contribution in [0.3, 0.4) is 0 Å². The lowest BCUT2D eigenvalue weighted by Crippen LogP contribution is -2.28. The van der Waals surface area contributed by atoms with Gasteiger partial charge in [0.2, 0.25) is 0 Å². The molecule has 0 heterocycles. The minimum atomic E-state index is -1.29. The van der Waals surface area contributed by atoms with Crippen molar-refractivity contribution in [2.45, 2.75) is 38.9 Å². The predicted molar refractivity (Wildman–Crippen MR) is 65.9 cm³/mol. The van der Waals surface area contributed by atoms with Crippen LogP contribution in [0.2, 0.25) is 0 Å². The maximum absolute atomic E-state index is 10.4. The van der Waals surface area contributed by atoms with Crippen LogP contribution >= 0.6 is 0 Å². The van der Waals surface area contributed by atoms with Gasteiger partial charge in [-0.05, 0) is 13.3 Å². The Balaban J connectivity index is 3.97. The van der Waals surface area contributed by atoms with Gasteiger partial charge in [-0.2, -0.15) is 0 Å². The number of methoxy groups -OCH3 is 1. The zero-order valence-corrected chi connectivity index (χ0v) is 11.4. The van der Waals surface area contributed by atoms with Crippen LogP contribution in [0.25, 0.3) is 0 Å². The van der Waals surface area contributed by atoms with Crippen molar-refractivity contribution in [1.29, 1.82) is 0 Å². The van der Waals surface area contributed by atoms with Crippen LogP contribution in [0.1, 0.15) is 26.7 Å². The Hall–Kier alpha value is -0.850. The summed E-state index contributed by atoms with van der Waals surface area (Å²) in [5.74, 6) is 0. The van der Waals surface area contributed by atoms with Gasteiger partial charge in [-0.25, -0.2) is 4.79 Å². The van der Waals surface area contributed by atoms with Gasteiger partial charge in [0, 0.05) is 26.7 Å². The van der Waals surface area contributed by atoms with Crippen molar-refractivity contribution in [3.8, 4) is 0 Å². The highest BCUT2D eigenvalue weighted by molar-refractivity contribution is 5.56. The van der Waals surface area contributed by atoms with Gasteiger partial charge in [-0.3, -0.25) is 0 Å². The molecule has 0 aliphatic carbocycles. The van der Waals surface area contributed by atoms with Gasteiger partial charge in [0.05, 0.1) is 18.8 Å². The maximum Gasteiger partial charge on any atom is 0.505 e. The molecule has 2 unspecified atom stereocenters. The normalized spacial score (nSPS) is 14.2. The number of rotatable bonds is 11. The number of carbonyl (C=O) groups is 1. The molecule has 0 aromatic rings. The van der Waals surface area contributed by atoms with E-state index in [0.717, 1.165) is 6.42 Å². The number of hydrogen-bond acceptors (Lipinski definition) is 5. The van der Waals surface area contributed by atoms with Crippen LogP contribution < -0.4 is 0 Å². The summed E-state index contributed by atoms with van der Waals surface area (Å²) in [5.41, 5.74) is 0. The molecular formula is C12H24O6. The molecule has 0 amide bonds. The van der Waals surface area contributed by atoms with Crippen LogP contribution in [0.5, 0.6) is 0 Å². The van der Waals surface area contributed by atoms with Gasteiger partial charge in [-0.1, -0.05) is 6.92 Å². The quantitative estimate of drug-likeness (QED) is 0.454. The Morgan fingerprint density at radius 1 is 1.22 bits per heavy atom. The smallest absolute Gasteiger partial charge is 0.450 e. The van der Waals surface area contributed by atoms with E-state index in [9.17, 15) is 4.79 Å². The van der Waals surface area contributed by atoms with Crippen LogP contribution in [0.4, 0.5) is 4.79 Å². The molecule has 0 bridgehead atoms. The summed E-state index contributed by atoms with van der Waals surface area (Å²) >= 11 is 0. The second-order valence-corrected chi connectivity index (χ2v) is 3.78. The van der Waals surface area contributed by atoms with E-state index in [1.807, 2.05) is 13.8 Å². The monoisotopic (exact) mass is 264 g/mol. The zero-order chi connectivity index (χ0) is 13.8. The van der Waals surface area contributed by atoms with Gasteiger partial charge in [0.1, 0.15) is 6.61 Å². The molecule has 0 radical (unpaired) electrons. The van der Waals surface area contributed by atoms with E-state index in [1.54, 1.807) is 7.11 Å². The molecule has 18 heavy (non-hydrogen) atoms. The Kier molecular flexibility index (Phi) is 10.7. The molecule has 6 nitrogen and oxygen atoms in total. The van der Waals surface area contributed by atoms with E-state index in [-0.39, 0.29) is 18.8 Å². The fourth-order valence-corrected chi connectivity index (χ4v) is 1.33. The number of ether oxygens (including phenoxy) is 4. The summed E-state index contributed by atoms with van der Waals surface area (Å²) in [6.45, 7) is 5.49. The van der Waals surface area contributed by atoms with Crippen molar-refractivity contribution in [3.05, 3.63) is 0 Å². The lowest BCUT2D eigenvalue weighted by molar-refractivity contribution is -0.0621. The maximum atomic E-state index is 10.4. The van der Waals surface area contributed by atoms with Crippen molar-refractivity contribution < 1.29 is 28.8 Å². The van der Waals surface area contributed by atoms with Crippen molar-refractivity contribution in [2.75, 3.05) is 33.5 Å². The largest absolute Gasteiger partial charge is 0.505 e. The van der Waals surface area contributed by atoms with E-state index < -0.39 is 6.16 Å². The molecule has 0 saturated carbocycles. The predicted octanol–water partition coefficient (Wildman–Crippen LogP) is 1.92. The first kappa shape index (κ1) is 17.2. The first-order chi connectivity index (χ1) is 8.63. The second-order valence-electron chi connectivity index (χ2n) is 3.78. The Bertz CT molecular complexity index is 205. The van der Waals surface area contributed by atoms with Gasteiger partial charge < -0.3 is 24.1 Å². The first-order valence-electron chi connectivity index (χ1n) is 6.21. The van der Waals surface area contributed by atoms with E-state index in [2.05, 4.69) is 4.74 Å². The molecule has 0 spiro atoms. The summed E-state index contributed by atoms with van der Waals surface area (Å²) in [5, 5.41) is 8.47. The van der Waals surface area contributed by atoms with Crippen LogP contribution in [-0.2, 0) is 18.9 Å². The minimum Gasteiger partial charge on any atom is -0.450 e. The third-order valence-corrected chi connectivity index (χ3v) is 2.49. The second kappa shape index (κ2) is 11.3. The van der Waals surface area contributed by atoms with Gasteiger partial charge in [0.25, 0.3) is 0 Å². The summed E-state index contributed by atoms with van der Waals surface area (Å²) in [6, 6.07) is 0. The van der Waals surface area contributed by atoms with Crippen LogP contribution in [0.15, 0.2) is 0 Å². The lowest BCUT2D eigenvalue weighted by Gasteiger charge is -2.20. The molecule has 1 N–H and O–H groups in total. The average Bonchev–Trinajstić information content (AvgIpc) is 2.36. The molecule has 2 atom stereocenters. The number of carboxylic acid groups (broad SMARTS) is 1. The molecule has 108 valence electrons. The molecule has 6 heteroatoms. The Labute approximate surface area is 108 Å². The highest BCUT2D eigenvalue weighted by Gasteiger charge is 2.14. The molecule has 0 aromatic carbocycles. The van der Waals surface area contributed by atoms with Crippen molar-refractivity contribution in [1.82, 2.24) is 0 Å². The van der Waals surface area contributed by atoms with Gasteiger partial charge in [0.15, 0.2) is 0 Å². The summed E-state index contributed by atoms with van der Waals surface area (Å²) in [6.07, 6.45) is -0.129. The van der Waals surface area contributed by atoms with E-state index >= 15 is 0 Å². The standard InChI is InChI=1S/C12H24O6/c1-4-10(15-3)8-17-11(6-7-16-5-2)9-18-12(13)14/h10-11H,4-9H2,1-3H3,(H,13,14). The molecule has 0 fully saturated rings. The SMILES string of the molecule is CCOCCC(COC(=O)O)OCC(CC)OC. The summed E-state index contributed by atoms with van der Waals surface area (Å²) in [4.78, 5) is 10.4. The molecule has 0 rings (SSSR count). The molecule has 0 saturated heterocycles. The van der Waals surface area contributed by atoms with E-state index in [4.69, 9.17) is 19.3 Å². The Morgan fingerprint density at radius 2 is 1.94 bits per heavy atom. The molecule has 0 aliphatic heterocycles. The Morgan fingerprint density at radius 3 is 2.44 bits per heavy atom. The van der Waals surface area contributed by atoms with Crippen molar-refractivity contribution in [3.63, 3.8) is 0 Å². The van der Waals surface area contributed by atoms with E-state index in [1.165, 1.54) is 0 Å². The molecular weight excluding hydrogens is 240 g/mol. The highest BCUT2D eigenvalue weighted by Crippen LogP contribution is 2.05. The molecule has 0 aliphatic rings. The minimum absolute atomic E-state index is 0.0164. The highest BCUT2D eigenvalue weighted by atomic mass is 16.7. The fourth-order valence-electron chi connectivity index (χ4n) is 1.33. The topological polar surface area (TPSA) is 74.2 Å². The van der Waals surface area contributed by atoms with Crippen LogP contribution in [-0.4, -0.2) is 57.0 Å². The number of hydrogen-bond donors (Lipinski definition) is 1. The molecule has 0 aromatic heterocycles. The fraction of sp³-hybridized carbons (Fsp3) is 0.917. The summed E-state index contributed by atoms with van der Waals surface area (Å²) < 4.78 is 20.5. The average molecular weight is 264 g/mol.